The Kier molecular flexibility index (Phi) is 5.63. The van der Waals surface area contributed by atoms with E-state index in [0.29, 0.717) is 5.69 Å². The first-order valence-corrected chi connectivity index (χ1v) is 8.13. The average molecular weight is 413 g/mol. The summed E-state index contributed by atoms with van der Waals surface area (Å²) in [6.07, 6.45) is 0. The van der Waals surface area contributed by atoms with Crippen LogP contribution in [0.1, 0.15) is 10.4 Å². The number of nitrogens with one attached hydrogen (secondary N) is 1. The number of hydrogen-bond donors (Lipinski definition) is 2. The fourth-order valence-electron chi connectivity index (χ4n) is 1.65. The van der Waals surface area contributed by atoms with Crippen LogP contribution in [0.3, 0.4) is 0 Å². The molecule has 0 aromatic heterocycles. The van der Waals surface area contributed by atoms with E-state index in [-0.39, 0.29) is 17.2 Å². The molecule has 0 spiro atoms. The monoisotopic (exact) mass is 413 g/mol. The highest BCUT2D eigenvalue weighted by molar-refractivity contribution is 14.1. The molecule has 0 unspecified atom stereocenters. The number of carbonyl (C=O) groups is 2. The zero-order valence-corrected chi connectivity index (χ0v) is 13.8. The van der Waals surface area contributed by atoms with Gasteiger partial charge in [0.2, 0.25) is 5.91 Å². The molecule has 2 aromatic carbocycles. The number of thioether (sulfide) groups is 1. The highest BCUT2D eigenvalue weighted by Crippen LogP contribution is 2.21. The molecule has 2 N–H and O–H groups in total. The third kappa shape index (κ3) is 4.75. The molecule has 0 saturated heterocycles. The molecule has 0 saturated carbocycles. The maximum Gasteiger partial charge on any atom is 0.337 e. The van der Waals surface area contributed by atoms with E-state index in [1.54, 1.807) is 12.1 Å². The molecular weight excluding hydrogens is 401 g/mol. The Hall–Kier alpha value is -1.54. The van der Waals surface area contributed by atoms with Crippen molar-refractivity contribution in [1.82, 2.24) is 0 Å². The number of halogens is 1. The summed E-state index contributed by atoms with van der Waals surface area (Å²) in [4.78, 5) is 24.1. The second kappa shape index (κ2) is 7.46. The third-order valence-corrected chi connectivity index (χ3v) is 4.28. The molecule has 0 atom stereocenters. The summed E-state index contributed by atoms with van der Waals surface area (Å²) in [6.45, 7) is 0. The zero-order chi connectivity index (χ0) is 15.2. The van der Waals surface area contributed by atoms with Crippen molar-refractivity contribution in [2.75, 3.05) is 11.1 Å². The summed E-state index contributed by atoms with van der Waals surface area (Å²) in [5, 5.41) is 11.8. The highest BCUT2D eigenvalue weighted by Gasteiger charge is 2.13. The Morgan fingerprint density at radius 1 is 1.14 bits per heavy atom. The van der Waals surface area contributed by atoms with Crippen LogP contribution in [0.25, 0.3) is 0 Å². The number of benzene rings is 2. The summed E-state index contributed by atoms with van der Waals surface area (Å²) >= 11 is 3.44. The van der Waals surface area contributed by atoms with Gasteiger partial charge in [-0.3, -0.25) is 4.79 Å². The van der Waals surface area contributed by atoms with Gasteiger partial charge in [-0.25, -0.2) is 4.79 Å². The minimum Gasteiger partial charge on any atom is -0.478 e. The van der Waals surface area contributed by atoms with Gasteiger partial charge in [0.25, 0.3) is 0 Å². The van der Waals surface area contributed by atoms with Crippen LogP contribution < -0.4 is 5.32 Å². The van der Waals surface area contributed by atoms with E-state index in [0.717, 1.165) is 8.47 Å². The van der Waals surface area contributed by atoms with E-state index in [2.05, 4.69) is 5.32 Å². The molecule has 4 nitrogen and oxygen atoms in total. The number of carboxylic acid groups (broad SMARTS) is 1. The van der Waals surface area contributed by atoms with Crippen molar-refractivity contribution in [2.45, 2.75) is 4.90 Å². The van der Waals surface area contributed by atoms with Crippen molar-refractivity contribution in [2.24, 2.45) is 0 Å². The van der Waals surface area contributed by atoms with E-state index in [4.69, 9.17) is 5.11 Å². The molecule has 0 aliphatic heterocycles. The van der Waals surface area contributed by atoms with Crippen LogP contribution in [0.5, 0.6) is 0 Å². The van der Waals surface area contributed by atoms with Gasteiger partial charge in [-0.05, 0) is 52.9 Å². The lowest BCUT2D eigenvalue weighted by Crippen LogP contribution is -2.16. The van der Waals surface area contributed by atoms with Gasteiger partial charge < -0.3 is 10.4 Å². The standard InChI is InChI=1S/C15H12INO3S/c16-10-6-7-13(12(8-10)15(19)20)17-14(18)9-21-11-4-2-1-3-5-11/h1-8H,9H2,(H,17,18)(H,19,20). The maximum absolute atomic E-state index is 11.9. The number of rotatable bonds is 5. The van der Waals surface area contributed by atoms with Crippen LogP contribution in [0.4, 0.5) is 5.69 Å². The number of carbonyl (C=O) groups excluding carboxylic acids is 1. The Labute approximate surface area is 140 Å². The van der Waals surface area contributed by atoms with Crippen LogP contribution in [-0.4, -0.2) is 22.7 Å². The quantitative estimate of drug-likeness (QED) is 0.580. The second-order valence-corrected chi connectivity index (χ2v) is 6.44. The Morgan fingerprint density at radius 2 is 1.86 bits per heavy atom. The molecule has 2 rings (SSSR count). The number of anilines is 1. The summed E-state index contributed by atoms with van der Waals surface area (Å²) in [6, 6.07) is 14.5. The average Bonchev–Trinajstić information content (AvgIpc) is 2.48. The van der Waals surface area contributed by atoms with Gasteiger partial charge in [0.05, 0.1) is 17.0 Å². The van der Waals surface area contributed by atoms with Crippen LogP contribution >= 0.6 is 34.4 Å². The van der Waals surface area contributed by atoms with E-state index in [9.17, 15) is 9.59 Å². The van der Waals surface area contributed by atoms with Crippen molar-refractivity contribution in [1.29, 1.82) is 0 Å². The molecule has 0 aliphatic rings. The van der Waals surface area contributed by atoms with Crippen LogP contribution in [-0.2, 0) is 4.79 Å². The molecule has 6 heteroatoms. The first kappa shape index (κ1) is 15.8. The Balaban J connectivity index is 2.01. The first-order chi connectivity index (χ1) is 10.1. The molecule has 0 heterocycles. The van der Waals surface area contributed by atoms with Crippen LogP contribution in [0.2, 0.25) is 0 Å². The molecule has 0 bridgehead atoms. The lowest BCUT2D eigenvalue weighted by Gasteiger charge is -2.09. The molecule has 2 aromatic rings. The molecule has 0 fully saturated rings. The van der Waals surface area contributed by atoms with Crippen LogP contribution in [0, 0.1) is 3.57 Å². The molecule has 21 heavy (non-hydrogen) atoms. The van der Waals surface area contributed by atoms with Gasteiger partial charge in [0, 0.05) is 8.47 Å². The maximum atomic E-state index is 11.9. The van der Waals surface area contributed by atoms with E-state index < -0.39 is 5.97 Å². The van der Waals surface area contributed by atoms with E-state index in [1.807, 2.05) is 52.9 Å². The van der Waals surface area contributed by atoms with Crippen molar-refractivity contribution >= 4 is 51.9 Å². The summed E-state index contributed by atoms with van der Waals surface area (Å²) in [7, 11) is 0. The second-order valence-electron chi connectivity index (χ2n) is 4.14. The molecular formula is C15H12INO3S. The SMILES string of the molecule is O=C(CSc1ccccc1)Nc1ccc(I)cc1C(=O)O. The summed E-state index contributed by atoms with van der Waals surface area (Å²) in [5.41, 5.74) is 0.418. The molecule has 108 valence electrons. The molecule has 0 radical (unpaired) electrons. The van der Waals surface area contributed by atoms with Crippen molar-refractivity contribution in [3.05, 3.63) is 57.7 Å². The smallest absolute Gasteiger partial charge is 0.337 e. The van der Waals surface area contributed by atoms with E-state index in [1.165, 1.54) is 17.8 Å². The van der Waals surface area contributed by atoms with Gasteiger partial charge in [-0.15, -0.1) is 11.8 Å². The minimum atomic E-state index is -1.06. The van der Waals surface area contributed by atoms with E-state index >= 15 is 0 Å². The lowest BCUT2D eigenvalue weighted by molar-refractivity contribution is -0.113. The Bertz CT molecular complexity index is 661. The zero-order valence-electron chi connectivity index (χ0n) is 10.9. The van der Waals surface area contributed by atoms with Gasteiger partial charge in [-0.1, -0.05) is 18.2 Å². The number of aromatic carboxylic acids is 1. The number of amides is 1. The summed E-state index contributed by atoms with van der Waals surface area (Å²) < 4.78 is 0.807. The van der Waals surface area contributed by atoms with Gasteiger partial charge in [-0.2, -0.15) is 0 Å². The fraction of sp³-hybridized carbons (Fsp3) is 0.0667. The van der Waals surface area contributed by atoms with Crippen molar-refractivity contribution < 1.29 is 14.7 Å². The first-order valence-electron chi connectivity index (χ1n) is 6.07. The predicted octanol–water partition coefficient (Wildman–Crippen LogP) is 3.72. The topological polar surface area (TPSA) is 66.4 Å². The Morgan fingerprint density at radius 3 is 2.52 bits per heavy atom. The summed E-state index contributed by atoms with van der Waals surface area (Å²) in [5.74, 6) is -1.05. The van der Waals surface area contributed by atoms with Gasteiger partial charge in [0.15, 0.2) is 0 Å². The van der Waals surface area contributed by atoms with Gasteiger partial charge >= 0.3 is 5.97 Å². The number of carboxylic acids is 1. The molecule has 1 amide bonds. The van der Waals surface area contributed by atoms with Crippen LogP contribution in [0.15, 0.2) is 53.4 Å². The van der Waals surface area contributed by atoms with Crippen molar-refractivity contribution in [3.63, 3.8) is 0 Å². The van der Waals surface area contributed by atoms with Gasteiger partial charge in [0.1, 0.15) is 0 Å². The molecule has 0 aliphatic carbocycles. The highest BCUT2D eigenvalue weighted by atomic mass is 127. The largest absolute Gasteiger partial charge is 0.478 e. The lowest BCUT2D eigenvalue weighted by atomic mass is 10.2. The normalized spacial score (nSPS) is 10.1. The minimum absolute atomic E-state index is 0.0972. The predicted molar refractivity (Wildman–Crippen MR) is 91.9 cm³/mol. The fourth-order valence-corrected chi connectivity index (χ4v) is 2.87. The number of hydrogen-bond acceptors (Lipinski definition) is 3. The third-order valence-electron chi connectivity index (χ3n) is 2.60. The van der Waals surface area contributed by atoms with Crippen molar-refractivity contribution in [3.8, 4) is 0 Å².